The molecule has 5 rings (SSSR count). The van der Waals surface area contributed by atoms with Gasteiger partial charge >= 0.3 is 5.97 Å². The van der Waals surface area contributed by atoms with Gasteiger partial charge in [0.15, 0.2) is 5.13 Å². The van der Waals surface area contributed by atoms with Gasteiger partial charge in [-0.1, -0.05) is 16.5 Å². The van der Waals surface area contributed by atoms with E-state index >= 15 is 0 Å². The second-order valence-electron chi connectivity index (χ2n) is 8.26. The number of nitrogens with two attached hydrogens (primary N) is 2. The molecular formula is C20H19FN9O6S3+. The van der Waals surface area contributed by atoms with Crippen LogP contribution in [-0.4, -0.2) is 77.2 Å². The Labute approximate surface area is 230 Å². The highest BCUT2D eigenvalue weighted by molar-refractivity contribution is 8.00. The number of halogens is 1. The molecule has 15 nitrogen and oxygen atoms in total. The van der Waals surface area contributed by atoms with Crippen LogP contribution in [-0.2, 0) is 25.8 Å². The van der Waals surface area contributed by atoms with Crippen molar-refractivity contribution in [3.8, 4) is 0 Å². The Morgan fingerprint density at radius 2 is 2.18 bits per heavy atom. The Morgan fingerprint density at radius 1 is 1.41 bits per heavy atom. The number of carbonyl (C=O) groups is 4. The van der Waals surface area contributed by atoms with E-state index in [0.29, 0.717) is 16.1 Å². The van der Waals surface area contributed by atoms with Crippen molar-refractivity contribution in [2.75, 3.05) is 18.3 Å². The largest absolute Gasteiger partial charge is 0.477 e. The van der Waals surface area contributed by atoms with Gasteiger partial charge in [-0.2, -0.15) is 13.8 Å². The summed E-state index contributed by atoms with van der Waals surface area (Å²) in [6.07, 6.45) is 3.48. The van der Waals surface area contributed by atoms with Crippen molar-refractivity contribution in [3.63, 3.8) is 0 Å². The minimum Gasteiger partial charge on any atom is -0.477 e. The van der Waals surface area contributed by atoms with E-state index in [1.54, 1.807) is 28.4 Å². The number of hydrogen-bond acceptors (Lipinski definition) is 12. The fraction of sp³-hybridized carbons (Fsp3) is 0.300. The first-order valence-corrected chi connectivity index (χ1v) is 13.6. The van der Waals surface area contributed by atoms with Gasteiger partial charge in [-0.3, -0.25) is 19.3 Å². The lowest BCUT2D eigenvalue weighted by atomic mass is 10.0. The molecule has 1 fully saturated rings. The number of oxime groups is 1. The van der Waals surface area contributed by atoms with Gasteiger partial charge in [0, 0.05) is 22.9 Å². The Balaban J connectivity index is 1.36. The van der Waals surface area contributed by atoms with Crippen molar-refractivity contribution < 1.29 is 38.1 Å². The Morgan fingerprint density at radius 3 is 2.79 bits per heavy atom. The van der Waals surface area contributed by atoms with Crippen LogP contribution in [0.4, 0.5) is 9.52 Å². The number of hydrogen-bond donors (Lipinski definition) is 4. The number of thioether (sulfide) groups is 1. The number of carboxylic acid groups (broad SMARTS) is 1. The van der Waals surface area contributed by atoms with E-state index in [1.807, 2.05) is 0 Å². The third kappa shape index (κ3) is 4.68. The van der Waals surface area contributed by atoms with Gasteiger partial charge in [-0.15, -0.1) is 11.8 Å². The van der Waals surface area contributed by atoms with Gasteiger partial charge in [0.1, 0.15) is 40.4 Å². The van der Waals surface area contributed by atoms with Crippen molar-refractivity contribution in [2.24, 2.45) is 10.9 Å². The maximum atomic E-state index is 13.0. The number of nitrogens with zero attached hydrogens (tertiary/aromatic N) is 6. The summed E-state index contributed by atoms with van der Waals surface area (Å²) in [6.45, 7) is 0.615. The first kappa shape index (κ1) is 26.5. The Hall–Kier alpha value is -4.10. The molecule has 5 heterocycles. The van der Waals surface area contributed by atoms with E-state index in [1.165, 1.54) is 23.1 Å². The topological polar surface area (TPSA) is 211 Å². The monoisotopic (exact) mass is 596 g/mol. The molecule has 2 aliphatic heterocycles. The van der Waals surface area contributed by atoms with E-state index < -0.39 is 47.7 Å². The van der Waals surface area contributed by atoms with E-state index in [2.05, 4.69) is 24.7 Å². The molecular weight excluding hydrogens is 577 g/mol. The van der Waals surface area contributed by atoms with Crippen LogP contribution in [0.15, 0.2) is 29.0 Å². The zero-order valence-corrected chi connectivity index (χ0v) is 22.3. The fourth-order valence-electron chi connectivity index (χ4n) is 4.21. The predicted molar refractivity (Wildman–Crippen MR) is 136 cm³/mol. The van der Waals surface area contributed by atoms with Crippen LogP contribution in [0.25, 0.3) is 4.83 Å². The van der Waals surface area contributed by atoms with E-state index in [0.717, 1.165) is 21.3 Å². The van der Waals surface area contributed by atoms with E-state index in [4.69, 9.17) is 11.5 Å². The number of carboxylic acids is 1. The SMILES string of the molecule is Cc1c(C(N)=O)sc2c[n+](CC3=C(C(=O)O)N4C(=O)[C@@H](NC(=O)/C(=N\OCF)c5nsc(N)n5)[C@H]4SC3)cn12. The van der Waals surface area contributed by atoms with Crippen molar-refractivity contribution in [2.45, 2.75) is 24.9 Å². The summed E-state index contributed by atoms with van der Waals surface area (Å²) >= 11 is 3.27. The van der Waals surface area contributed by atoms with Gasteiger partial charge in [0.2, 0.25) is 22.7 Å². The number of aliphatic carboxylic acids is 1. The molecule has 39 heavy (non-hydrogen) atoms. The normalized spacial score (nSPS) is 19.2. The number of rotatable bonds is 9. The molecule has 1 saturated heterocycles. The lowest BCUT2D eigenvalue weighted by molar-refractivity contribution is -0.687. The molecule has 0 radical (unpaired) electrons. The van der Waals surface area contributed by atoms with Gasteiger partial charge in [0.25, 0.3) is 24.6 Å². The quantitative estimate of drug-likeness (QED) is 0.105. The number of β-lactam (4-membered cyclic amide) rings is 1. The molecule has 2 atom stereocenters. The lowest BCUT2D eigenvalue weighted by Crippen LogP contribution is -2.71. The number of aromatic nitrogens is 4. The third-order valence-corrected chi connectivity index (χ3v) is 8.98. The summed E-state index contributed by atoms with van der Waals surface area (Å²) in [4.78, 5) is 60.2. The maximum absolute atomic E-state index is 13.0. The van der Waals surface area contributed by atoms with E-state index in [-0.39, 0.29) is 29.0 Å². The standard InChI is InChI=1S/C20H18FN9O6S3/c1-7-13(14(22)31)38-9-3-28(6-29(7)9)2-8-4-37-18-11(17(33)30(18)12(8)19(34)35)24-16(32)10(26-36-5-21)15-25-20(23)39-27-15/h3,6,11,18H,2,4-5H2,1H3,(H5-,22,23,24,25,27,31,32,34,35)/p+1/b26-10-/t11-,18-/m1/s1. The van der Waals surface area contributed by atoms with Crippen LogP contribution in [0.3, 0.4) is 0 Å². The highest BCUT2D eigenvalue weighted by Gasteiger charge is 2.54. The van der Waals surface area contributed by atoms with Crippen LogP contribution in [0.1, 0.15) is 21.2 Å². The lowest BCUT2D eigenvalue weighted by Gasteiger charge is -2.49. The number of aryl methyl sites for hydroxylation is 1. The minimum absolute atomic E-state index is 0.0349. The minimum atomic E-state index is -1.32. The molecule has 6 N–H and O–H groups in total. The number of imidazole rings is 1. The maximum Gasteiger partial charge on any atom is 0.352 e. The number of amides is 3. The van der Waals surface area contributed by atoms with Crippen LogP contribution in [0, 0.1) is 6.92 Å². The molecule has 3 amide bonds. The molecule has 3 aromatic heterocycles. The van der Waals surface area contributed by atoms with Crippen LogP contribution < -0.4 is 21.4 Å². The number of nitrogens with one attached hydrogen (secondary N) is 1. The van der Waals surface area contributed by atoms with E-state index in [9.17, 15) is 28.7 Å². The Kier molecular flexibility index (Phi) is 6.95. The van der Waals surface area contributed by atoms with Crippen molar-refractivity contribution in [1.29, 1.82) is 0 Å². The van der Waals surface area contributed by atoms with Gasteiger partial charge in [-0.25, -0.2) is 13.8 Å². The molecule has 0 unspecified atom stereocenters. The number of nitrogen functional groups attached to an aromatic ring is 1. The summed E-state index contributed by atoms with van der Waals surface area (Å²) in [7, 11) is 0. The van der Waals surface area contributed by atoms with Gasteiger partial charge < -0.3 is 26.7 Å². The molecule has 0 aromatic carbocycles. The number of carbonyl (C=O) groups excluding carboxylic acids is 3. The highest BCUT2D eigenvalue weighted by Crippen LogP contribution is 2.40. The average molecular weight is 597 g/mol. The number of alkyl halides is 1. The number of thiazole rings is 1. The van der Waals surface area contributed by atoms with Gasteiger partial charge in [-0.05, 0) is 6.92 Å². The number of fused-ring (bicyclic) bond motifs is 2. The Bertz CT molecular complexity index is 1590. The average Bonchev–Trinajstić information content (AvgIpc) is 3.58. The fourth-order valence-corrected chi connectivity index (χ4v) is 7.01. The summed E-state index contributed by atoms with van der Waals surface area (Å²) in [6, 6.07) is -1.08. The summed E-state index contributed by atoms with van der Waals surface area (Å²) in [5.74, 6) is -3.32. The van der Waals surface area contributed by atoms with Crippen LogP contribution in [0.5, 0.6) is 0 Å². The summed E-state index contributed by atoms with van der Waals surface area (Å²) in [5, 5.41) is 15.2. The van der Waals surface area contributed by atoms with Crippen LogP contribution in [0.2, 0.25) is 0 Å². The van der Waals surface area contributed by atoms with Crippen LogP contribution >= 0.6 is 34.6 Å². The second kappa shape index (κ2) is 10.2. The molecule has 204 valence electrons. The smallest absolute Gasteiger partial charge is 0.352 e. The molecule has 3 aromatic rings. The zero-order chi connectivity index (χ0) is 28.0. The predicted octanol–water partition coefficient (Wildman–Crippen LogP) is -0.784. The second-order valence-corrected chi connectivity index (χ2v) is 11.2. The molecule has 0 aliphatic carbocycles. The first-order valence-electron chi connectivity index (χ1n) is 11.0. The molecule has 2 aliphatic rings. The van der Waals surface area contributed by atoms with Crippen molar-refractivity contribution in [3.05, 3.63) is 40.2 Å². The third-order valence-electron chi connectivity index (χ3n) is 5.88. The molecule has 0 saturated carbocycles. The molecule has 19 heteroatoms. The first-order chi connectivity index (χ1) is 18.6. The summed E-state index contributed by atoms with van der Waals surface area (Å²) < 4.78 is 19.9. The highest BCUT2D eigenvalue weighted by atomic mass is 32.2. The van der Waals surface area contributed by atoms with Gasteiger partial charge in [0.05, 0.1) is 0 Å². The van der Waals surface area contributed by atoms with Crippen molar-refractivity contribution in [1.82, 2.24) is 24.0 Å². The number of anilines is 1. The van der Waals surface area contributed by atoms with Crippen molar-refractivity contribution >= 4 is 74.0 Å². The molecule has 0 spiro atoms. The summed E-state index contributed by atoms with van der Waals surface area (Å²) in [5.41, 5.74) is 11.4. The zero-order valence-electron chi connectivity index (χ0n) is 19.9. The number of primary amides is 1. The molecule has 0 bridgehead atoms.